The molecule has 0 saturated heterocycles. The molecule has 0 unspecified atom stereocenters. The third-order valence-corrected chi connectivity index (χ3v) is 4.55. The van der Waals surface area contributed by atoms with Crippen molar-refractivity contribution in [1.82, 2.24) is 5.32 Å². The van der Waals surface area contributed by atoms with Crippen LogP contribution in [-0.4, -0.2) is 31.5 Å². The summed E-state index contributed by atoms with van der Waals surface area (Å²) in [6.45, 7) is 7.86. The lowest BCUT2D eigenvalue weighted by Gasteiger charge is -2.41. The average molecular weight is 309 g/mol. The summed E-state index contributed by atoms with van der Waals surface area (Å²) >= 11 is 0. The summed E-state index contributed by atoms with van der Waals surface area (Å²) in [5.74, 6) is 1.32. The molecule has 1 N–H and O–H groups in total. The Morgan fingerprint density at radius 3 is 2.33 bits per heavy atom. The zero-order valence-electron chi connectivity index (χ0n) is 13.6. The monoisotopic (exact) mass is 309 g/mol. The number of hydrogen-bond acceptors (Lipinski definition) is 2. The Labute approximate surface area is 126 Å². The Morgan fingerprint density at radius 1 is 1.24 bits per heavy atom. The smallest absolute Gasteiger partial charge is 0.373 e. The van der Waals surface area contributed by atoms with Gasteiger partial charge in [0.25, 0.3) is 0 Å². The van der Waals surface area contributed by atoms with E-state index in [1.54, 1.807) is 0 Å². The molecule has 0 aromatic carbocycles. The minimum atomic E-state index is -4.13. The third kappa shape index (κ3) is 7.00. The van der Waals surface area contributed by atoms with E-state index in [9.17, 15) is 13.2 Å². The Hall–Kier alpha value is -0.290. The molecule has 0 bridgehead atoms. The van der Waals surface area contributed by atoms with Crippen molar-refractivity contribution in [3.8, 4) is 0 Å². The number of rotatable bonds is 8. The summed E-state index contributed by atoms with van der Waals surface area (Å²) in [6, 6.07) is 0. The van der Waals surface area contributed by atoms with Crippen LogP contribution in [0.25, 0.3) is 0 Å². The molecule has 0 heterocycles. The minimum absolute atomic E-state index is 0.219. The minimum Gasteiger partial charge on any atom is -0.373 e. The summed E-state index contributed by atoms with van der Waals surface area (Å²) < 4.78 is 42.7. The fraction of sp³-hybridized carbons (Fsp3) is 1.00. The lowest BCUT2D eigenvalue weighted by atomic mass is 9.74. The van der Waals surface area contributed by atoms with Gasteiger partial charge in [-0.1, -0.05) is 20.8 Å². The van der Waals surface area contributed by atoms with Crippen LogP contribution in [0.1, 0.15) is 59.3 Å². The number of ether oxygens (including phenoxy) is 1. The lowest BCUT2D eigenvalue weighted by molar-refractivity contribution is -0.163. The van der Waals surface area contributed by atoms with Crippen molar-refractivity contribution in [2.75, 3.05) is 19.7 Å². The predicted octanol–water partition coefficient (Wildman–Crippen LogP) is 4.54. The van der Waals surface area contributed by atoms with Crippen molar-refractivity contribution in [2.45, 2.75) is 71.1 Å². The fourth-order valence-corrected chi connectivity index (χ4v) is 3.08. The zero-order valence-corrected chi connectivity index (χ0v) is 13.6. The second-order valence-electron chi connectivity index (χ2n) is 6.65. The molecular weight excluding hydrogens is 279 g/mol. The van der Waals surface area contributed by atoms with E-state index in [4.69, 9.17) is 4.74 Å². The molecule has 21 heavy (non-hydrogen) atoms. The summed E-state index contributed by atoms with van der Waals surface area (Å²) in [7, 11) is 0. The van der Waals surface area contributed by atoms with Gasteiger partial charge < -0.3 is 10.1 Å². The standard InChI is InChI=1S/C16H30F3NO/c1-4-10-20-12-15(21-11-9-16(17,18)19)7-5-14(6-8-15)13(2)3/h13-14,20H,4-12H2,1-3H3. The van der Waals surface area contributed by atoms with Crippen molar-refractivity contribution in [3.63, 3.8) is 0 Å². The van der Waals surface area contributed by atoms with Gasteiger partial charge >= 0.3 is 6.18 Å². The van der Waals surface area contributed by atoms with Gasteiger partial charge in [0.2, 0.25) is 0 Å². The molecule has 0 radical (unpaired) electrons. The number of halogens is 3. The Morgan fingerprint density at radius 2 is 1.86 bits per heavy atom. The maximum atomic E-state index is 12.3. The molecule has 0 spiro atoms. The van der Waals surface area contributed by atoms with Crippen LogP contribution in [0.15, 0.2) is 0 Å². The molecule has 5 heteroatoms. The maximum absolute atomic E-state index is 12.3. The van der Waals surface area contributed by atoms with Crippen LogP contribution in [0.3, 0.4) is 0 Å². The van der Waals surface area contributed by atoms with Crippen molar-refractivity contribution in [1.29, 1.82) is 0 Å². The molecule has 1 aliphatic carbocycles. The van der Waals surface area contributed by atoms with Gasteiger partial charge in [0.1, 0.15) is 0 Å². The molecule has 0 aromatic heterocycles. The first-order valence-corrected chi connectivity index (χ1v) is 8.19. The van der Waals surface area contributed by atoms with Gasteiger partial charge in [-0.3, -0.25) is 0 Å². The third-order valence-electron chi connectivity index (χ3n) is 4.55. The Kier molecular flexibility index (Phi) is 7.48. The molecular formula is C16H30F3NO. The second kappa shape index (κ2) is 8.37. The van der Waals surface area contributed by atoms with Crippen molar-refractivity contribution in [3.05, 3.63) is 0 Å². The predicted molar refractivity (Wildman–Crippen MR) is 79.3 cm³/mol. The molecule has 0 atom stereocenters. The average Bonchev–Trinajstić information content (AvgIpc) is 2.38. The van der Waals surface area contributed by atoms with Gasteiger partial charge in [-0.25, -0.2) is 0 Å². The van der Waals surface area contributed by atoms with Gasteiger partial charge in [-0.05, 0) is 50.5 Å². The van der Waals surface area contributed by atoms with Gasteiger partial charge in [-0.15, -0.1) is 0 Å². The number of hydrogen-bond donors (Lipinski definition) is 1. The quantitative estimate of drug-likeness (QED) is 0.665. The molecule has 2 nitrogen and oxygen atoms in total. The van der Waals surface area contributed by atoms with Crippen molar-refractivity contribution >= 4 is 0 Å². The fourth-order valence-electron chi connectivity index (χ4n) is 3.08. The van der Waals surface area contributed by atoms with Gasteiger partial charge in [0.15, 0.2) is 0 Å². The van der Waals surface area contributed by atoms with Gasteiger partial charge in [0.05, 0.1) is 18.6 Å². The largest absolute Gasteiger partial charge is 0.391 e. The summed E-state index contributed by atoms with van der Waals surface area (Å²) in [5.41, 5.74) is -0.397. The SMILES string of the molecule is CCCNCC1(OCCC(F)(F)F)CCC(C(C)C)CC1. The molecule has 0 amide bonds. The van der Waals surface area contributed by atoms with E-state index in [0.717, 1.165) is 38.6 Å². The first-order valence-electron chi connectivity index (χ1n) is 8.19. The van der Waals surface area contributed by atoms with Crippen LogP contribution in [0, 0.1) is 11.8 Å². The normalized spacial score (nSPS) is 27.3. The van der Waals surface area contributed by atoms with E-state index >= 15 is 0 Å². The molecule has 0 aromatic rings. The highest BCUT2D eigenvalue weighted by Gasteiger charge is 2.38. The number of alkyl halides is 3. The Bertz CT molecular complexity index is 284. The molecule has 1 fully saturated rings. The van der Waals surface area contributed by atoms with Crippen molar-refractivity contribution < 1.29 is 17.9 Å². The molecule has 1 aliphatic rings. The van der Waals surface area contributed by atoms with Crippen LogP contribution < -0.4 is 5.32 Å². The highest BCUT2D eigenvalue weighted by molar-refractivity contribution is 4.90. The highest BCUT2D eigenvalue weighted by Crippen LogP contribution is 2.38. The lowest BCUT2D eigenvalue weighted by Crippen LogP contribution is -2.47. The van der Waals surface area contributed by atoms with E-state index in [1.807, 2.05) is 0 Å². The van der Waals surface area contributed by atoms with Gasteiger partial charge in [-0.2, -0.15) is 13.2 Å². The number of nitrogens with one attached hydrogen (secondary N) is 1. The van der Waals surface area contributed by atoms with E-state index in [1.165, 1.54) is 0 Å². The van der Waals surface area contributed by atoms with E-state index in [2.05, 4.69) is 26.1 Å². The Balaban J connectivity index is 2.51. The second-order valence-corrected chi connectivity index (χ2v) is 6.65. The van der Waals surface area contributed by atoms with E-state index < -0.39 is 18.2 Å². The molecule has 0 aliphatic heterocycles. The van der Waals surface area contributed by atoms with E-state index in [-0.39, 0.29) is 6.61 Å². The first-order chi connectivity index (χ1) is 9.78. The first kappa shape index (κ1) is 18.8. The maximum Gasteiger partial charge on any atom is 0.391 e. The van der Waals surface area contributed by atoms with Crippen LogP contribution >= 0.6 is 0 Å². The van der Waals surface area contributed by atoms with Crippen LogP contribution in [0.4, 0.5) is 13.2 Å². The summed E-state index contributed by atoms with van der Waals surface area (Å²) in [6.07, 6.45) is -0.125. The zero-order chi connectivity index (χ0) is 15.9. The van der Waals surface area contributed by atoms with Crippen LogP contribution in [-0.2, 0) is 4.74 Å². The molecule has 126 valence electrons. The highest BCUT2D eigenvalue weighted by atomic mass is 19.4. The summed E-state index contributed by atoms with van der Waals surface area (Å²) in [5, 5.41) is 3.33. The summed E-state index contributed by atoms with van der Waals surface area (Å²) in [4.78, 5) is 0. The van der Waals surface area contributed by atoms with E-state index in [0.29, 0.717) is 18.4 Å². The molecule has 1 saturated carbocycles. The molecule has 1 rings (SSSR count). The van der Waals surface area contributed by atoms with Crippen LogP contribution in [0.5, 0.6) is 0 Å². The van der Waals surface area contributed by atoms with Crippen molar-refractivity contribution in [2.24, 2.45) is 11.8 Å². The topological polar surface area (TPSA) is 21.3 Å². The van der Waals surface area contributed by atoms with Gasteiger partial charge in [0, 0.05) is 6.54 Å². The van der Waals surface area contributed by atoms with Crippen LogP contribution in [0.2, 0.25) is 0 Å².